The molecule has 4 nitrogen and oxygen atoms in total. The summed E-state index contributed by atoms with van der Waals surface area (Å²) in [6.45, 7) is 14.0. The molecule has 2 aromatic rings. The number of rotatable bonds is 6. The molecular formula is C33H54FeN4P2Si. The van der Waals surface area contributed by atoms with Crippen LogP contribution in [-0.4, -0.2) is 65.6 Å². The average molecular weight is 653 g/mol. The van der Waals surface area contributed by atoms with Crippen LogP contribution in [0.2, 0.25) is 19.6 Å². The molecule has 0 spiro atoms. The van der Waals surface area contributed by atoms with Crippen molar-refractivity contribution in [3.05, 3.63) is 53.6 Å². The second-order valence-corrected chi connectivity index (χ2v) is 21.2. The Morgan fingerprint density at radius 3 is 1.95 bits per heavy atom. The van der Waals surface area contributed by atoms with Crippen LogP contribution >= 0.6 is 18.5 Å². The zero-order valence-electron chi connectivity index (χ0n) is 25.5. The molecular weight excluding hydrogens is 598 g/mol. The summed E-state index contributed by atoms with van der Waals surface area (Å²) in [4.78, 5) is 0. The summed E-state index contributed by atoms with van der Waals surface area (Å²) >= 11 is 0. The van der Waals surface area contributed by atoms with Gasteiger partial charge in [0.15, 0.2) is 0 Å². The Morgan fingerprint density at radius 2 is 1.51 bits per heavy atom. The Balaban J connectivity index is 0.000000510. The van der Waals surface area contributed by atoms with Gasteiger partial charge >= 0.3 is 17.1 Å². The van der Waals surface area contributed by atoms with Crippen LogP contribution < -0.4 is 26.5 Å². The molecule has 4 aliphatic carbocycles. The van der Waals surface area contributed by atoms with Gasteiger partial charge in [0.25, 0.3) is 0 Å². The summed E-state index contributed by atoms with van der Waals surface area (Å²) in [6, 6.07) is 16.3. The molecule has 6 fully saturated rings. The van der Waals surface area contributed by atoms with E-state index in [0.717, 1.165) is 62.9 Å². The molecule has 8 heteroatoms. The van der Waals surface area contributed by atoms with E-state index in [0.29, 0.717) is 17.5 Å². The van der Waals surface area contributed by atoms with Crippen LogP contribution in [0.25, 0.3) is 0 Å². The monoisotopic (exact) mass is 652 g/mol. The first kappa shape index (κ1) is 32.5. The Morgan fingerprint density at radius 1 is 0.927 bits per heavy atom. The van der Waals surface area contributed by atoms with Crippen molar-refractivity contribution in [3.8, 4) is 0 Å². The molecule has 2 aliphatic heterocycles. The Labute approximate surface area is 266 Å². The second-order valence-electron chi connectivity index (χ2n) is 14.7. The zero-order chi connectivity index (χ0) is 28.0. The van der Waals surface area contributed by atoms with Crippen molar-refractivity contribution in [1.29, 1.82) is 0 Å². The third-order valence-corrected chi connectivity index (χ3v) is 15.0. The normalized spacial score (nSPS) is 36.1. The fourth-order valence-electron chi connectivity index (χ4n) is 9.62. The van der Waals surface area contributed by atoms with Gasteiger partial charge in [-0.2, -0.15) is 40.6 Å². The quantitative estimate of drug-likeness (QED) is 0.216. The summed E-state index contributed by atoms with van der Waals surface area (Å²) in [5.41, 5.74) is 3.83. The van der Waals surface area contributed by atoms with E-state index < -0.39 is 8.07 Å². The Hall–Kier alpha value is 0.136. The van der Waals surface area contributed by atoms with Gasteiger partial charge in [-0.1, -0.05) is 37.9 Å². The van der Waals surface area contributed by atoms with Crippen LogP contribution in [0.15, 0.2) is 42.5 Å². The van der Waals surface area contributed by atoms with E-state index in [4.69, 9.17) is 0 Å². The van der Waals surface area contributed by atoms with Crippen molar-refractivity contribution < 1.29 is 17.1 Å². The molecule has 6 aliphatic rings. The van der Waals surface area contributed by atoms with Crippen molar-refractivity contribution in [2.24, 2.45) is 23.7 Å². The van der Waals surface area contributed by atoms with Crippen LogP contribution in [0.4, 0.5) is 0 Å². The van der Waals surface area contributed by atoms with Gasteiger partial charge in [0.2, 0.25) is 0 Å². The molecule has 0 radical (unpaired) electrons. The minimum Gasteiger partial charge on any atom is -0.314 e. The standard InChI is InChI=1S/C28H49N4P2Si.C5H5.Fe/c1-35(2,3)21-11-22(27-13-18-8-19(14-27)10-20(9-18)24(27)17-33)23(12-21)28(34,25-15-29-4-6-31-25)26-16-30-5-7-32-26;1-2-4-5-3-1;/h11-12,18-20,24-26,29-32H,4-10,13-17,33-34H2,1-3H3;1-5H;/q2*-1;+2. The van der Waals surface area contributed by atoms with Crippen LogP contribution in [0, 0.1) is 23.7 Å². The van der Waals surface area contributed by atoms with E-state index in [1.54, 1.807) is 16.3 Å². The topological polar surface area (TPSA) is 48.1 Å². The first-order valence-corrected chi connectivity index (χ1v) is 21.0. The van der Waals surface area contributed by atoms with Crippen molar-refractivity contribution in [2.75, 3.05) is 45.4 Å². The fraction of sp³-hybridized carbons (Fsp3) is 0.697. The largest absolute Gasteiger partial charge is 2.00 e. The molecule has 0 aromatic heterocycles. The predicted molar refractivity (Wildman–Crippen MR) is 181 cm³/mol. The van der Waals surface area contributed by atoms with Gasteiger partial charge in [-0.3, -0.25) is 0 Å². The van der Waals surface area contributed by atoms with Gasteiger partial charge in [0, 0.05) is 56.5 Å². The molecule has 2 heterocycles. The maximum atomic E-state index is 3.99. The maximum Gasteiger partial charge on any atom is 2.00 e. The van der Waals surface area contributed by atoms with Gasteiger partial charge in [0.1, 0.15) is 0 Å². The molecule has 2 aromatic carbocycles. The summed E-state index contributed by atoms with van der Waals surface area (Å²) in [7, 11) is 5.23. The zero-order valence-corrected chi connectivity index (χ0v) is 29.9. The molecule has 41 heavy (non-hydrogen) atoms. The van der Waals surface area contributed by atoms with Gasteiger partial charge in [-0.05, 0) is 49.1 Å². The summed E-state index contributed by atoms with van der Waals surface area (Å²) in [5.74, 6) is 3.70. The summed E-state index contributed by atoms with van der Waals surface area (Å²) in [5, 5.41) is 17.1. The number of piperazine rings is 2. The van der Waals surface area contributed by atoms with Crippen LogP contribution in [0.3, 0.4) is 0 Å². The molecule has 8 rings (SSSR count). The van der Waals surface area contributed by atoms with Crippen molar-refractivity contribution in [2.45, 2.75) is 74.4 Å². The van der Waals surface area contributed by atoms with E-state index >= 15 is 0 Å². The summed E-state index contributed by atoms with van der Waals surface area (Å²) in [6.07, 6.45) is 8.66. The molecule has 4 N–H and O–H groups in total. The number of hydrogen-bond acceptors (Lipinski definition) is 4. The first-order chi connectivity index (χ1) is 19.3. The third-order valence-electron chi connectivity index (χ3n) is 11.3. The van der Waals surface area contributed by atoms with E-state index in [1.165, 1.54) is 38.3 Å². The average Bonchev–Trinajstić information content (AvgIpc) is 3.68. The fourth-order valence-corrected chi connectivity index (χ4v) is 12.3. The van der Waals surface area contributed by atoms with E-state index in [-0.39, 0.29) is 22.2 Å². The Kier molecular flexibility index (Phi) is 10.5. The van der Waals surface area contributed by atoms with Crippen molar-refractivity contribution >= 4 is 31.7 Å². The number of hydrogen-bond donors (Lipinski definition) is 4. The molecule has 4 saturated carbocycles. The van der Waals surface area contributed by atoms with E-state index in [9.17, 15) is 0 Å². The molecule has 2 saturated heterocycles. The maximum absolute atomic E-state index is 3.99. The third kappa shape index (κ3) is 6.19. The van der Waals surface area contributed by atoms with Gasteiger partial charge < -0.3 is 21.3 Å². The second kappa shape index (κ2) is 13.2. The summed E-state index contributed by atoms with van der Waals surface area (Å²) < 4.78 is 0. The molecule has 4 bridgehead atoms. The molecule has 7 atom stereocenters. The molecule has 228 valence electrons. The Bertz CT molecular complexity index is 1050. The van der Waals surface area contributed by atoms with Crippen molar-refractivity contribution in [1.82, 2.24) is 21.3 Å². The minimum absolute atomic E-state index is 0. The van der Waals surface area contributed by atoms with Gasteiger partial charge in [0.05, 0.1) is 8.07 Å². The van der Waals surface area contributed by atoms with Crippen LogP contribution in [-0.2, 0) is 27.6 Å². The van der Waals surface area contributed by atoms with Gasteiger partial charge in [-0.25, -0.2) is 18.2 Å². The molecule has 7 unspecified atom stereocenters. The minimum atomic E-state index is -1.45. The predicted octanol–water partition coefficient (Wildman–Crippen LogP) is 4.12. The van der Waals surface area contributed by atoms with E-state index in [1.807, 2.05) is 30.3 Å². The van der Waals surface area contributed by atoms with Crippen molar-refractivity contribution in [3.63, 3.8) is 0 Å². The number of nitrogens with one attached hydrogen (secondary N) is 4. The van der Waals surface area contributed by atoms with Crippen LogP contribution in [0.5, 0.6) is 0 Å². The molecule has 0 amide bonds. The van der Waals surface area contributed by atoms with E-state index in [2.05, 4.69) is 71.5 Å². The SMILES string of the molecule is C[Si](C)(C)c1cc(C23CC4CC(CC(C4)C2CP)C3)c(C(P)(C2CNCCN2)C2CNCCN2)[cH-]1.[Fe+2].c1cc[cH-]c1. The van der Waals surface area contributed by atoms with Gasteiger partial charge in [-0.15, -0.1) is 18.5 Å². The smallest absolute Gasteiger partial charge is 0.314 e. The van der Waals surface area contributed by atoms with Crippen LogP contribution in [0.1, 0.15) is 43.2 Å². The first-order valence-electron chi connectivity index (χ1n) is 16.1.